The molecule has 2 aromatic heterocycles. The fourth-order valence-electron chi connectivity index (χ4n) is 2.78. The molecule has 2 heterocycles. The molecule has 1 amide bonds. The summed E-state index contributed by atoms with van der Waals surface area (Å²) in [4.78, 5) is 12.9. The topological polar surface area (TPSA) is 85.5 Å². The molecule has 0 fully saturated rings. The predicted molar refractivity (Wildman–Crippen MR) is 120 cm³/mol. The second-order valence-electron chi connectivity index (χ2n) is 6.18. The van der Waals surface area contributed by atoms with E-state index in [0.717, 1.165) is 28.0 Å². The quantitative estimate of drug-likeness (QED) is 0.251. The maximum atomic E-state index is 12.6. The van der Waals surface area contributed by atoms with Crippen LogP contribution in [0.15, 0.2) is 64.1 Å². The number of anilines is 1. The van der Waals surface area contributed by atoms with Gasteiger partial charge in [0.1, 0.15) is 22.0 Å². The lowest BCUT2D eigenvalue weighted by Crippen LogP contribution is -2.19. The molecule has 4 rings (SSSR count). The minimum atomic E-state index is -0.443. The van der Waals surface area contributed by atoms with Crippen molar-refractivity contribution in [3.05, 3.63) is 74.2 Å². The van der Waals surface area contributed by atoms with Crippen molar-refractivity contribution in [2.75, 3.05) is 5.73 Å². The number of nitrogen functional groups attached to an aromatic ring is 1. The number of furan rings is 1. The van der Waals surface area contributed by atoms with Crippen molar-refractivity contribution in [2.45, 2.75) is 6.92 Å². The van der Waals surface area contributed by atoms with Crippen LogP contribution in [0, 0.1) is 3.95 Å². The minimum absolute atomic E-state index is 0.247. The van der Waals surface area contributed by atoms with E-state index < -0.39 is 5.91 Å². The number of amides is 1. The first-order chi connectivity index (χ1) is 13.9. The number of benzene rings is 2. The molecule has 0 saturated heterocycles. The van der Waals surface area contributed by atoms with Crippen molar-refractivity contribution in [3.8, 4) is 5.69 Å². The Hall–Kier alpha value is -2.94. The number of halogens is 1. The fraction of sp³-hybridized carbons (Fsp3) is 0.0500. The van der Waals surface area contributed by atoms with Gasteiger partial charge >= 0.3 is 0 Å². The number of hydrazone groups is 1. The largest absolute Gasteiger partial charge is 0.455 e. The number of hydrogen-bond donors (Lipinski definition) is 2. The third-order valence-corrected chi connectivity index (χ3v) is 5.88. The van der Waals surface area contributed by atoms with Gasteiger partial charge in [-0.15, -0.1) is 0 Å². The van der Waals surface area contributed by atoms with Gasteiger partial charge in [-0.3, -0.25) is 9.36 Å². The molecule has 0 aliphatic heterocycles. The SMILES string of the molecule is C/C(=N\NC(=O)c1sc(=S)n(-c2ccc(Cl)cc2)c1N)c1cc2ccccc2o1. The average Bonchev–Trinajstić information content (AvgIpc) is 3.27. The van der Waals surface area contributed by atoms with Gasteiger partial charge in [-0.1, -0.05) is 41.1 Å². The lowest BCUT2D eigenvalue weighted by atomic mass is 10.2. The van der Waals surface area contributed by atoms with Crippen molar-refractivity contribution in [1.29, 1.82) is 0 Å². The minimum Gasteiger partial charge on any atom is -0.455 e. The molecule has 3 N–H and O–H groups in total. The number of fused-ring (bicyclic) bond motifs is 1. The standard InChI is InChI=1S/C20H15ClN4O2S2/c1-11(16-10-12-4-2-3-5-15(12)27-16)23-24-19(26)17-18(22)25(20(28)29-17)14-8-6-13(21)7-9-14/h2-10H,22H2,1H3,(H,24,26)/b23-11+. The van der Waals surface area contributed by atoms with Crippen LogP contribution in [0.4, 0.5) is 5.82 Å². The van der Waals surface area contributed by atoms with Gasteiger partial charge in [0, 0.05) is 16.1 Å². The summed E-state index contributed by atoms with van der Waals surface area (Å²) in [6.45, 7) is 1.75. The first-order valence-corrected chi connectivity index (χ1v) is 10.1. The summed E-state index contributed by atoms with van der Waals surface area (Å²) < 4.78 is 7.82. The number of hydrogen-bond acceptors (Lipinski definition) is 6. The zero-order valence-corrected chi connectivity index (χ0v) is 17.6. The molecule has 0 unspecified atom stereocenters. The van der Waals surface area contributed by atoms with E-state index >= 15 is 0 Å². The van der Waals surface area contributed by atoms with E-state index in [1.54, 1.807) is 35.8 Å². The van der Waals surface area contributed by atoms with E-state index in [-0.39, 0.29) is 10.7 Å². The van der Waals surface area contributed by atoms with Gasteiger partial charge in [-0.2, -0.15) is 5.10 Å². The number of para-hydroxylation sites is 1. The fourth-order valence-corrected chi connectivity index (χ4v) is 4.17. The summed E-state index contributed by atoms with van der Waals surface area (Å²) in [5, 5.41) is 5.71. The van der Waals surface area contributed by atoms with Gasteiger partial charge in [0.05, 0.1) is 0 Å². The highest BCUT2D eigenvalue weighted by molar-refractivity contribution is 7.73. The molecule has 0 radical (unpaired) electrons. The van der Waals surface area contributed by atoms with Crippen molar-refractivity contribution in [3.63, 3.8) is 0 Å². The summed E-state index contributed by atoms with van der Waals surface area (Å²) in [6.07, 6.45) is 0. The lowest BCUT2D eigenvalue weighted by Gasteiger charge is -2.06. The molecular weight excluding hydrogens is 428 g/mol. The Bertz CT molecular complexity index is 1270. The highest BCUT2D eigenvalue weighted by Crippen LogP contribution is 2.27. The van der Waals surface area contributed by atoms with Crippen LogP contribution in [0.25, 0.3) is 16.7 Å². The average molecular weight is 443 g/mol. The van der Waals surface area contributed by atoms with Gasteiger partial charge < -0.3 is 10.2 Å². The summed E-state index contributed by atoms with van der Waals surface area (Å²) in [7, 11) is 0. The molecule has 0 bridgehead atoms. The van der Waals surface area contributed by atoms with Crippen LogP contribution in [0.2, 0.25) is 5.02 Å². The Kier molecular flexibility index (Phi) is 5.23. The second-order valence-corrected chi connectivity index (χ2v) is 8.26. The molecule has 2 aromatic carbocycles. The Balaban J connectivity index is 1.58. The molecule has 0 aliphatic rings. The third kappa shape index (κ3) is 3.82. The molecular formula is C20H15ClN4O2S2. The van der Waals surface area contributed by atoms with Crippen LogP contribution in [0.1, 0.15) is 22.4 Å². The first-order valence-electron chi connectivity index (χ1n) is 8.55. The molecule has 0 atom stereocenters. The van der Waals surface area contributed by atoms with E-state index in [2.05, 4.69) is 10.5 Å². The number of nitrogens with two attached hydrogens (primary N) is 1. The maximum Gasteiger partial charge on any atom is 0.285 e. The van der Waals surface area contributed by atoms with Crippen LogP contribution in [0.5, 0.6) is 0 Å². The van der Waals surface area contributed by atoms with Crippen LogP contribution >= 0.6 is 35.2 Å². The lowest BCUT2D eigenvalue weighted by molar-refractivity contribution is 0.0959. The molecule has 9 heteroatoms. The number of rotatable bonds is 4. The van der Waals surface area contributed by atoms with Gasteiger partial charge in [0.25, 0.3) is 5.91 Å². The Morgan fingerprint density at radius 1 is 1.24 bits per heavy atom. The molecule has 0 aliphatic carbocycles. The number of carbonyl (C=O) groups is 1. The van der Waals surface area contributed by atoms with Crippen molar-refractivity contribution in [1.82, 2.24) is 9.99 Å². The molecule has 0 spiro atoms. The maximum absolute atomic E-state index is 12.6. The van der Waals surface area contributed by atoms with Crippen LogP contribution in [0.3, 0.4) is 0 Å². The van der Waals surface area contributed by atoms with Crippen molar-refractivity contribution in [2.24, 2.45) is 5.10 Å². The molecule has 6 nitrogen and oxygen atoms in total. The number of nitrogens with one attached hydrogen (secondary N) is 1. The molecule has 4 aromatic rings. The summed E-state index contributed by atoms with van der Waals surface area (Å²) in [6, 6.07) is 16.5. The van der Waals surface area contributed by atoms with Gasteiger partial charge in [0.2, 0.25) is 0 Å². The zero-order chi connectivity index (χ0) is 20.5. The van der Waals surface area contributed by atoms with Crippen LogP contribution in [-0.4, -0.2) is 16.2 Å². The van der Waals surface area contributed by atoms with Gasteiger partial charge in [0.15, 0.2) is 9.71 Å². The normalized spacial score (nSPS) is 11.7. The highest BCUT2D eigenvalue weighted by Gasteiger charge is 2.18. The molecule has 0 saturated carbocycles. The van der Waals surface area contributed by atoms with Gasteiger partial charge in [-0.05, 0) is 55.5 Å². The van der Waals surface area contributed by atoms with E-state index in [4.69, 9.17) is 34.0 Å². The molecule has 146 valence electrons. The van der Waals surface area contributed by atoms with E-state index in [9.17, 15) is 4.79 Å². The van der Waals surface area contributed by atoms with Crippen molar-refractivity contribution >= 4 is 63.6 Å². The Morgan fingerprint density at radius 3 is 2.69 bits per heavy atom. The number of nitrogens with zero attached hydrogens (tertiary/aromatic N) is 2. The summed E-state index contributed by atoms with van der Waals surface area (Å²) in [5.74, 6) is 0.379. The Morgan fingerprint density at radius 2 is 1.97 bits per heavy atom. The smallest absolute Gasteiger partial charge is 0.285 e. The summed E-state index contributed by atoms with van der Waals surface area (Å²) in [5.41, 5.74) is 10.7. The van der Waals surface area contributed by atoms with Gasteiger partial charge in [-0.25, -0.2) is 5.43 Å². The predicted octanol–water partition coefficient (Wildman–Crippen LogP) is 5.40. The second kappa shape index (κ2) is 7.82. The highest BCUT2D eigenvalue weighted by atomic mass is 35.5. The van der Waals surface area contributed by atoms with Crippen LogP contribution < -0.4 is 11.2 Å². The zero-order valence-electron chi connectivity index (χ0n) is 15.2. The molecule has 29 heavy (non-hydrogen) atoms. The number of carbonyl (C=O) groups excluding carboxylic acids is 1. The number of thiazole rings is 1. The monoisotopic (exact) mass is 442 g/mol. The van der Waals surface area contributed by atoms with Crippen molar-refractivity contribution < 1.29 is 9.21 Å². The summed E-state index contributed by atoms with van der Waals surface area (Å²) >= 11 is 12.4. The first kappa shape index (κ1) is 19.4. The van der Waals surface area contributed by atoms with E-state index in [1.807, 2.05) is 30.3 Å². The van der Waals surface area contributed by atoms with E-state index in [0.29, 0.717) is 20.4 Å². The van der Waals surface area contributed by atoms with Crippen LogP contribution in [-0.2, 0) is 0 Å². The Labute approximate surface area is 180 Å². The number of aromatic nitrogens is 1. The van der Waals surface area contributed by atoms with E-state index in [1.165, 1.54) is 0 Å². The third-order valence-electron chi connectivity index (χ3n) is 4.24.